The molecule has 0 spiro atoms. The summed E-state index contributed by atoms with van der Waals surface area (Å²) in [5.41, 5.74) is 8.23. The van der Waals surface area contributed by atoms with Gasteiger partial charge in [-0.25, -0.2) is 0 Å². The lowest BCUT2D eigenvalue weighted by Gasteiger charge is -2.21. The summed E-state index contributed by atoms with van der Waals surface area (Å²) in [4.78, 5) is 16.5. The van der Waals surface area contributed by atoms with E-state index in [1.165, 1.54) is 6.42 Å². The number of likely N-dealkylation sites (tertiary alicyclic amines) is 1. The largest absolute Gasteiger partial charge is 0.398 e. The smallest absolute Gasteiger partial charge is 0.253 e. The van der Waals surface area contributed by atoms with E-state index in [1.54, 1.807) is 6.07 Å². The maximum Gasteiger partial charge on any atom is 0.253 e. The fraction of sp³-hybridized carbons (Fsp3) is 0.533. The van der Waals surface area contributed by atoms with Crippen LogP contribution in [0.1, 0.15) is 22.3 Å². The molecule has 0 aliphatic carbocycles. The fourth-order valence-corrected chi connectivity index (χ4v) is 2.64. The molecule has 4 heteroatoms. The van der Waals surface area contributed by atoms with Gasteiger partial charge in [-0.15, -0.1) is 0 Å². The highest BCUT2D eigenvalue weighted by molar-refractivity contribution is 5.95. The van der Waals surface area contributed by atoms with Crippen LogP contribution in [-0.4, -0.2) is 49.4 Å². The normalized spacial score (nSPS) is 19.6. The third-order valence-corrected chi connectivity index (χ3v) is 3.89. The van der Waals surface area contributed by atoms with E-state index in [0.29, 0.717) is 17.2 Å². The molecule has 0 aromatic heterocycles. The summed E-state index contributed by atoms with van der Waals surface area (Å²) in [7, 11) is 4.00. The van der Waals surface area contributed by atoms with Gasteiger partial charge in [-0.1, -0.05) is 6.07 Å². The van der Waals surface area contributed by atoms with Crippen LogP contribution in [0.3, 0.4) is 0 Å². The molecule has 1 fully saturated rings. The SMILES string of the molecule is Cc1ccc(C(=O)N(C)CC2CCN(C)C2)cc1N. The standard InChI is InChI=1S/C15H23N3O/c1-11-4-5-13(8-14(11)16)15(19)18(3)10-12-6-7-17(2)9-12/h4-5,8,12H,6-7,9-10,16H2,1-3H3. The molecule has 4 nitrogen and oxygen atoms in total. The Morgan fingerprint density at radius 2 is 2.26 bits per heavy atom. The minimum absolute atomic E-state index is 0.0567. The second-order valence-corrected chi connectivity index (χ2v) is 5.67. The van der Waals surface area contributed by atoms with Crippen molar-refractivity contribution in [3.63, 3.8) is 0 Å². The van der Waals surface area contributed by atoms with Crippen molar-refractivity contribution < 1.29 is 4.79 Å². The lowest BCUT2D eigenvalue weighted by atomic mass is 10.1. The molecule has 1 unspecified atom stereocenters. The van der Waals surface area contributed by atoms with Crippen LogP contribution in [0.2, 0.25) is 0 Å². The lowest BCUT2D eigenvalue weighted by Crippen LogP contribution is -2.32. The minimum Gasteiger partial charge on any atom is -0.398 e. The molecule has 1 amide bonds. The van der Waals surface area contributed by atoms with Crippen molar-refractivity contribution in [1.29, 1.82) is 0 Å². The van der Waals surface area contributed by atoms with E-state index in [-0.39, 0.29) is 5.91 Å². The summed E-state index contributed by atoms with van der Waals surface area (Å²) in [6.07, 6.45) is 1.17. The number of hydrogen-bond donors (Lipinski definition) is 1. The molecule has 1 atom stereocenters. The summed E-state index contributed by atoms with van der Waals surface area (Å²) < 4.78 is 0. The first kappa shape index (κ1) is 13.9. The fourth-order valence-electron chi connectivity index (χ4n) is 2.64. The maximum atomic E-state index is 12.3. The van der Waals surface area contributed by atoms with Gasteiger partial charge in [-0.3, -0.25) is 4.79 Å². The van der Waals surface area contributed by atoms with Crippen LogP contribution in [-0.2, 0) is 0 Å². The molecule has 1 aromatic rings. The van der Waals surface area contributed by atoms with Gasteiger partial charge in [0.05, 0.1) is 0 Å². The van der Waals surface area contributed by atoms with Crippen molar-refractivity contribution in [1.82, 2.24) is 9.80 Å². The average Bonchev–Trinajstić information content (AvgIpc) is 2.77. The maximum absolute atomic E-state index is 12.3. The summed E-state index contributed by atoms with van der Waals surface area (Å²) in [5.74, 6) is 0.642. The van der Waals surface area contributed by atoms with Gasteiger partial charge in [0.25, 0.3) is 5.91 Å². The number of carbonyl (C=O) groups is 1. The number of rotatable bonds is 3. The molecule has 1 saturated heterocycles. The highest BCUT2D eigenvalue weighted by Crippen LogP contribution is 2.18. The van der Waals surface area contributed by atoms with Gasteiger partial charge >= 0.3 is 0 Å². The van der Waals surface area contributed by atoms with Gasteiger partial charge in [0.2, 0.25) is 0 Å². The molecule has 104 valence electrons. The molecular formula is C15H23N3O. The Labute approximate surface area is 115 Å². The highest BCUT2D eigenvalue weighted by atomic mass is 16.2. The van der Waals surface area contributed by atoms with Crippen molar-refractivity contribution in [2.75, 3.05) is 39.5 Å². The van der Waals surface area contributed by atoms with Crippen molar-refractivity contribution in [2.45, 2.75) is 13.3 Å². The van der Waals surface area contributed by atoms with Crippen molar-refractivity contribution in [3.8, 4) is 0 Å². The number of amides is 1. The molecule has 2 rings (SSSR count). The van der Waals surface area contributed by atoms with E-state index >= 15 is 0 Å². The first-order chi connectivity index (χ1) is 8.97. The highest BCUT2D eigenvalue weighted by Gasteiger charge is 2.23. The van der Waals surface area contributed by atoms with Gasteiger partial charge in [-0.05, 0) is 50.6 Å². The number of hydrogen-bond acceptors (Lipinski definition) is 3. The van der Waals surface area contributed by atoms with Gasteiger partial charge in [0.15, 0.2) is 0 Å². The zero-order chi connectivity index (χ0) is 14.0. The molecular weight excluding hydrogens is 238 g/mol. The van der Waals surface area contributed by atoms with Crippen LogP contribution in [0.25, 0.3) is 0 Å². The van der Waals surface area contributed by atoms with Gasteiger partial charge in [0, 0.05) is 31.4 Å². The van der Waals surface area contributed by atoms with Gasteiger partial charge in [-0.2, -0.15) is 0 Å². The predicted octanol–water partition coefficient (Wildman–Crippen LogP) is 1.60. The molecule has 0 radical (unpaired) electrons. The van der Waals surface area contributed by atoms with E-state index in [2.05, 4.69) is 11.9 Å². The van der Waals surface area contributed by atoms with Gasteiger partial charge in [0.1, 0.15) is 0 Å². The van der Waals surface area contributed by atoms with Crippen molar-refractivity contribution in [2.24, 2.45) is 5.92 Å². The Hall–Kier alpha value is -1.55. The molecule has 0 saturated carbocycles. The number of aryl methyl sites for hydroxylation is 1. The van der Waals surface area contributed by atoms with E-state index in [1.807, 2.05) is 31.0 Å². The minimum atomic E-state index is 0.0567. The zero-order valence-corrected chi connectivity index (χ0v) is 12.0. The Balaban J connectivity index is 2.00. The average molecular weight is 261 g/mol. The molecule has 0 bridgehead atoms. The van der Waals surface area contributed by atoms with E-state index in [4.69, 9.17) is 5.73 Å². The van der Waals surface area contributed by atoms with Crippen LogP contribution in [0.15, 0.2) is 18.2 Å². The number of nitrogens with zero attached hydrogens (tertiary/aromatic N) is 2. The molecule has 1 heterocycles. The van der Waals surface area contributed by atoms with Crippen LogP contribution in [0, 0.1) is 12.8 Å². The predicted molar refractivity (Wildman–Crippen MR) is 78.2 cm³/mol. The third-order valence-electron chi connectivity index (χ3n) is 3.89. The number of carbonyl (C=O) groups excluding carboxylic acids is 1. The molecule has 2 N–H and O–H groups in total. The molecule has 19 heavy (non-hydrogen) atoms. The number of nitrogens with two attached hydrogens (primary N) is 1. The Morgan fingerprint density at radius 1 is 1.53 bits per heavy atom. The van der Waals surface area contributed by atoms with Crippen LogP contribution in [0.4, 0.5) is 5.69 Å². The Kier molecular flexibility index (Phi) is 4.10. The lowest BCUT2D eigenvalue weighted by molar-refractivity contribution is 0.0774. The Morgan fingerprint density at radius 3 is 2.84 bits per heavy atom. The van der Waals surface area contributed by atoms with Crippen molar-refractivity contribution in [3.05, 3.63) is 29.3 Å². The van der Waals surface area contributed by atoms with E-state index < -0.39 is 0 Å². The van der Waals surface area contributed by atoms with Crippen molar-refractivity contribution >= 4 is 11.6 Å². The number of anilines is 1. The first-order valence-electron chi connectivity index (χ1n) is 6.77. The zero-order valence-electron chi connectivity index (χ0n) is 12.0. The quantitative estimate of drug-likeness (QED) is 0.841. The summed E-state index contributed by atoms with van der Waals surface area (Å²) in [6.45, 7) is 4.97. The van der Waals surface area contributed by atoms with Crippen LogP contribution < -0.4 is 5.73 Å². The second kappa shape index (κ2) is 5.61. The van der Waals surface area contributed by atoms with Crippen LogP contribution >= 0.6 is 0 Å². The second-order valence-electron chi connectivity index (χ2n) is 5.67. The molecule has 1 aromatic carbocycles. The van der Waals surface area contributed by atoms with E-state index in [0.717, 1.165) is 25.2 Å². The summed E-state index contributed by atoms with van der Waals surface area (Å²) in [6, 6.07) is 5.53. The Bertz CT molecular complexity index is 472. The topological polar surface area (TPSA) is 49.6 Å². The molecule has 1 aliphatic rings. The monoisotopic (exact) mass is 261 g/mol. The number of benzene rings is 1. The molecule has 1 aliphatic heterocycles. The van der Waals surface area contributed by atoms with Gasteiger partial charge < -0.3 is 15.5 Å². The number of nitrogen functional groups attached to an aromatic ring is 1. The third kappa shape index (κ3) is 3.26. The first-order valence-corrected chi connectivity index (χ1v) is 6.77. The van der Waals surface area contributed by atoms with Crippen LogP contribution in [0.5, 0.6) is 0 Å². The summed E-state index contributed by atoms with van der Waals surface area (Å²) in [5, 5.41) is 0. The summed E-state index contributed by atoms with van der Waals surface area (Å²) >= 11 is 0. The van der Waals surface area contributed by atoms with E-state index in [9.17, 15) is 4.79 Å².